The van der Waals surface area contributed by atoms with E-state index in [4.69, 9.17) is 15.6 Å². The SMILES string of the molecule is COC1CC(C(=O)O)N(C(=O)[C@@H](N)C(C)C)C1. The van der Waals surface area contributed by atoms with Crippen molar-refractivity contribution in [1.82, 2.24) is 4.90 Å². The molecule has 3 N–H and O–H groups in total. The van der Waals surface area contributed by atoms with E-state index in [0.29, 0.717) is 13.0 Å². The molecule has 0 aromatic heterocycles. The molecule has 6 nitrogen and oxygen atoms in total. The van der Waals surface area contributed by atoms with Crippen LogP contribution in [-0.4, -0.2) is 53.7 Å². The Balaban J connectivity index is 2.80. The lowest BCUT2D eigenvalue weighted by atomic mass is 10.0. The van der Waals surface area contributed by atoms with E-state index in [0.717, 1.165) is 0 Å². The van der Waals surface area contributed by atoms with Crippen LogP contribution >= 0.6 is 0 Å². The number of aliphatic carboxylic acids is 1. The van der Waals surface area contributed by atoms with Crippen LogP contribution in [0.5, 0.6) is 0 Å². The van der Waals surface area contributed by atoms with Gasteiger partial charge in [0, 0.05) is 20.1 Å². The van der Waals surface area contributed by atoms with E-state index in [9.17, 15) is 9.59 Å². The number of rotatable bonds is 4. The zero-order chi connectivity index (χ0) is 13.2. The Kier molecular flexibility index (Phi) is 4.47. The third kappa shape index (κ3) is 2.95. The number of hydrogen-bond acceptors (Lipinski definition) is 4. The van der Waals surface area contributed by atoms with Crippen molar-refractivity contribution in [2.45, 2.75) is 38.5 Å². The molecule has 1 aliphatic rings. The second-order valence-electron chi connectivity index (χ2n) is 4.71. The van der Waals surface area contributed by atoms with Crippen molar-refractivity contribution in [2.24, 2.45) is 11.7 Å². The molecule has 0 saturated carbocycles. The molecule has 0 radical (unpaired) electrons. The molecular formula is C11H20N2O4. The number of amides is 1. The Labute approximate surface area is 101 Å². The second kappa shape index (κ2) is 5.46. The van der Waals surface area contributed by atoms with Crippen LogP contribution < -0.4 is 5.73 Å². The largest absolute Gasteiger partial charge is 0.480 e. The lowest BCUT2D eigenvalue weighted by molar-refractivity contribution is -0.149. The van der Waals surface area contributed by atoms with E-state index in [2.05, 4.69) is 0 Å². The van der Waals surface area contributed by atoms with Crippen LogP contribution in [0.2, 0.25) is 0 Å². The van der Waals surface area contributed by atoms with Crippen LogP contribution in [0.25, 0.3) is 0 Å². The van der Waals surface area contributed by atoms with Crippen molar-refractivity contribution >= 4 is 11.9 Å². The molecule has 98 valence electrons. The third-order valence-electron chi connectivity index (χ3n) is 3.17. The van der Waals surface area contributed by atoms with Gasteiger partial charge >= 0.3 is 5.97 Å². The van der Waals surface area contributed by atoms with Crippen molar-refractivity contribution < 1.29 is 19.4 Å². The van der Waals surface area contributed by atoms with Crippen molar-refractivity contribution in [3.63, 3.8) is 0 Å². The number of ether oxygens (including phenoxy) is 1. The van der Waals surface area contributed by atoms with Crippen LogP contribution in [-0.2, 0) is 14.3 Å². The first-order valence-corrected chi connectivity index (χ1v) is 5.70. The molecule has 0 spiro atoms. The zero-order valence-electron chi connectivity index (χ0n) is 10.4. The minimum atomic E-state index is -1.01. The van der Waals surface area contributed by atoms with E-state index < -0.39 is 18.1 Å². The van der Waals surface area contributed by atoms with Gasteiger partial charge < -0.3 is 20.5 Å². The van der Waals surface area contributed by atoms with Gasteiger partial charge in [-0.1, -0.05) is 13.8 Å². The highest BCUT2D eigenvalue weighted by atomic mass is 16.5. The highest BCUT2D eigenvalue weighted by Crippen LogP contribution is 2.22. The standard InChI is InChI=1S/C11H20N2O4/c1-6(2)9(12)10(14)13-5-7(17-3)4-8(13)11(15)16/h6-9H,4-5,12H2,1-3H3,(H,15,16)/t7?,8?,9-/m0/s1. The van der Waals surface area contributed by atoms with Crippen LogP contribution in [0, 0.1) is 5.92 Å². The van der Waals surface area contributed by atoms with Crippen LogP contribution in [0.4, 0.5) is 0 Å². The Morgan fingerprint density at radius 3 is 2.47 bits per heavy atom. The molecule has 6 heteroatoms. The van der Waals surface area contributed by atoms with Crippen molar-refractivity contribution in [3.8, 4) is 0 Å². The molecule has 2 unspecified atom stereocenters. The molecule has 0 bridgehead atoms. The van der Waals surface area contributed by atoms with E-state index in [1.54, 1.807) is 0 Å². The molecule has 1 heterocycles. The lowest BCUT2D eigenvalue weighted by Crippen LogP contribution is -2.50. The van der Waals surface area contributed by atoms with Gasteiger partial charge in [0.1, 0.15) is 6.04 Å². The van der Waals surface area contributed by atoms with Gasteiger partial charge in [-0.15, -0.1) is 0 Å². The van der Waals surface area contributed by atoms with E-state index >= 15 is 0 Å². The van der Waals surface area contributed by atoms with Gasteiger partial charge in [0.25, 0.3) is 0 Å². The van der Waals surface area contributed by atoms with Crippen LogP contribution in [0.15, 0.2) is 0 Å². The summed E-state index contributed by atoms with van der Waals surface area (Å²) in [4.78, 5) is 24.4. The number of carbonyl (C=O) groups excluding carboxylic acids is 1. The average Bonchev–Trinajstić information content (AvgIpc) is 2.70. The molecule has 1 amide bonds. The molecule has 1 saturated heterocycles. The average molecular weight is 244 g/mol. The fourth-order valence-electron chi connectivity index (χ4n) is 1.92. The minimum Gasteiger partial charge on any atom is -0.480 e. The van der Waals surface area contributed by atoms with Gasteiger partial charge in [-0.05, 0) is 5.92 Å². The Morgan fingerprint density at radius 1 is 1.47 bits per heavy atom. The van der Waals surface area contributed by atoms with Crippen molar-refractivity contribution in [3.05, 3.63) is 0 Å². The fraction of sp³-hybridized carbons (Fsp3) is 0.818. The summed E-state index contributed by atoms with van der Waals surface area (Å²) in [6.45, 7) is 3.97. The minimum absolute atomic E-state index is 0.0152. The van der Waals surface area contributed by atoms with Crippen molar-refractivity contribution in [2.75, 3.05) is 13.7 Å². The summed E-state index contributed by atoms with van der Waals surface area (Å²) in [5, 5.41) is 9.08. The summed E-state index contributed by atoms with van der Waals surface area (Å²) in [6.07, 6.45) is 0.0990. The first kappa shape index (κ1) is 13.9. The molecule has 1 aliphatic heterocycles. The smallest absolute Gasteiger partial charge is 0.326 e. The number of nitrogens with zero attached hydrogens (tertiary/aromatic N) is 1. The molecule has 0 aromatic rings. The highest BCUT2D eigenvalue weighted by Gasteiger charge is 2.41. The number of carboxylic acids is 1. The van der Waals surface area contributed by atoms with Crippen LogP contribution in [0.3, 0.4) is 0 Å². The molecule has 17 heavy (non-hydrogen) atoms. The number of nitrogens with two attached hydrogens (primary N) is 1. The van der Waals surface area contributed by atoms with Gasteiger partial charge in [0.15, 0.2) is 0 Å². The summed E-state index contributed by atoms with van der Waals surface area (Å²) in [5.41, 5.74) is 5.76. The Hall–Kier alpha value is -1.14. The molecule has 1 fully saturated rings. The first-order chi connectivity index (χ1) is 7.88. The summed E-state index contributed by atoms with van der Waals surface area (Å²) in [6, 6.07) is -1.48. The van der Waals surface area contributed by atoms with Crippen molar-refractivity contribution in [1.29, 1.82) is 0 Å². The molecule has 1 rings (SSSR count). The number of likely N-dealkylation sites (tertiary alicyclic amines) is 1. The predicted molar refractivity (Wildman–Crippen MR) is 61.4 cm³/mol. The molecule has 0 aliphatic carbocycles. The Bertz CT molecular complexity index is 306. The lowest BCUT2D eigenvalue weighted by Gasteiger charge is -2.26. The number of hydrogen-bond donors (Lipinski definition) is 2. The maximum atomic E-state index is 12.0. The van der Waals surface area contributed by atoms with Gasteiger partial charge in [-0.2, -0.15) is 0 Å². The summed E-state index contributed by atoms with van der Waals surface area (Å²) < 4.78 is 5.11. The monoisotopic (exact) mass is 244 g/mol. The number of carbonyl (C=O) groups is 2. The fourth-order valence-corrected chi connectivity index (χ4v) is 1.92. The van der Waals surface area contributed by atoms with Gasteiger partial charge in [0.2, 0.25) is 5.91 Å². The van der Waals surface area contributed by atoms with Crippen LogP contribution in [0.1, 0.15) is 20.3 Å². The molecule has 0 aromatic carbocycles. The maximum Gasteiger partial charge on any atom is 0.326 e. The molecular weight excluding hydrogens is 224 g/mol. The maximum absolute atomic E-state index is 12.0. The Morgan fingerprint density at radius 2 is 2.06 bits per heavy atom. The zero-order valence-corrected chi connectivity index (χ0v) is 10.4. The van der Waals surface area contributed by atoms with E-state index in [1.807, 2.05) is 13.8 Å². The number of methoxy groups -OCH3 is 1. The normalized spacial score (nSPS) is 26.3. The highest BCUT2D eigenvalue weighted by molar-refractivity contribution is 5.87. The summed E-state index contributed by atoms with van der Waals surface area (Å²) in [5.74, 6) is -1.33. The topological polar surface area (TPSA) is 92.9 Å². The second-order valence-corrected chi connectivity index (χ2v) is 4.71. The summed E-state index contributed by atoms with van der Waals surface area (Å²) >= 11 is 0. The first-order valence-electron chi connectivity index (χ1n) is 5.70. The molecule has 3 atom stereocenters. The summed E-state index contributed by atoms with van der Waals surface area (Å²) in [7, 11) is 1.51. The third-order valence-corrected chi connectivity index (χ3v) is 3.17. The predicted octanol–water partition coefficient (Wildman–Crippen LogP) is -0.330. The quantitative estimate of drug-likeness (QED) is 0.706. The number of carboxylic acid groups (broad SMARTS) is 1. The van der Waals surface area contributed by atoms with E-state index in [1.165, 1.54) is 12.0 Å². The van der Waals surface area contributed by atoms with Gasteiger partial charge in [-0.3, -0.25) is 4.79 Å². The van der Waals surface area contributed by atoms with Gasteiger partial charge in [-0.25, -0.2) is 4.79 Å². The van der Waals surface area contributed by atoms with E-state index in [-0.39, 0.29) is 17.9 Å². The van der Waals surface area contributed by atoms with Gasteiger partial charge in [0.05, 0.1) is 12.1 Å².